The van der Waals surface area contributed by atoms with Crippen LogP contribution in [0.15, 0.2) is 71.2 Å². The second kappa shape index (κ2) is 9.80. The van der Waals surface area contributed by atoms with Gasteiger partial charge in [-0.2, -0.15) is 0 Å². The highest BCUT2D eigenvalue weighted by Crippen LogP contribution is 2.26. The summed E-state index contributed by atoms with van der Waals surface area (Å²) in [6.07, 6.45) is 0. The Labute approximate surface area is 193 Å². The topological polar surface area (TPSA) is 88.9 Å². The fourth-order valence-electron chi connectivity index (χ4n) is 2.93. The number of benzene rings is 2. The first-order valence-electron chi connectivity index (χ1n) is 9.83. The molecule has 2 N–H and O–H groups in total. The number of nitrogens with one attached hydrogen (secondary N) is 2. The Balaban J connectivity index is 1.29. The van der Waals surface area contributed by atoms with E-state index >= 15 is 0 Å². The second-order valence-corrected chi connectivity index (χ2v) is 8.97. The lowest BCUT2D eigenvalue weighted by atomic mass is 10.1. The Morgan fingerprint density at radius 1 is 0.969 bits per heavy atom. The summed E-state index contributed by atoms with van der Waals surface area (Å²) < 4.78 is 1.88. The van der Waals surface area contributed by atoms with Crippen molar-refractivity contribution in [3.63, 3.8) is 0 Å². The summed E-state index contributed by atoms with van der Waals surface area (Å²) in [5.41, 5.74) is 3.00. The standard InChI is InChI=1S/C23H21N5O2S2/c1-15-5-7-16(8-6-15)22(30)25-18-11-9-17(10-12-18)24-20(29)14-32-23-27-26-21(28(23)2)19-4-3-13-31-19/h3-13H,14H2,1-2H3,(H,24,29)(H,25,30). The number of thioether (sulfide) groups is 1. The number of carbonyl (C=O) groups is 2. The second-order valence-electron chi connectivity index (χ2n) is 7.08. The smallest absolute Gasteiger partial charge is 0.255 e. The van der Waals surface area contributed by atoms with Gasteiger partial charge in [0.1, 0.15) is 0 Å². The first-order chi connectivity index (χ1) is 15.5. The largest absolute Gasteiger partial charge is 0.325 e. The van der Waals surface area contributed by atoms with Crippen molar-refractivity contribution < 1.29 is 9.59 Å². The highest BCUT2D eigenvalue weighted by molar-refractivity contribution is 7.99. The highest BCUT2D eigenvalue weighted by atomic mass is 32.2. The van der Waals surface area contributed by atoms with Gasteiger partial charge in [-0.25, -0.2) is 0 Å². The van der Waals surface area contributed by atoms with Crippen molar-refractivity contribution in [1.29, 1.82) is 0 Å². The van der Waals surface area contributed by atoms with Crippen molar-refractivity contribution in [3.05, 3.63) is 77.2 Å². The van der Waals surface area contributed by atoms with Crippen LogP contribution >= 0.6 is 23.1 Å². The molecule has 0 bridgehead atoms. The lowest BCUT2D eigenvalue weighted by Gasteiger charge is -2.08. The first-order valence-corrected chi connectivity index (χ1v) is 11.7. The minimum absolute atomic E-state index is 0.146. The summed E-state index contributed by atoms with van der Waals surface area (Å²) in [5, 5.41) is 16.8. The van der Waals surface area contributed by atoms with Gasteiger partial charge in [0.15, 0.2) is 11.0 Å². The van der Waals surface area contributed by atoms with E-state index in [-0.39, 0.29) is 17.6 Å². The number of amides is 2. The molecule has 0 fully saturated rings. The molecule has 0 unspecified atom stereocenters. The van der Waals surface area contributed by atoms with E-state index in [1.807, 2.05) is 48.2 Å². The van der Waals surface area contributed by atoms with Crippen LogP contribution in [-0.2, 0) is 11.8 Å². The fraction of sp³-hybridized carbons (Fsp3) is 0.130. The minimum Gasteiger partial charge on any atom is -0.325 e. The normalized spacial score (nSPS) is 10.7. The maximum absolute atomic E-state index is 12.4. The Kier molecular flexibility index (Phi) is 6.67. The number of thiophene rings is 1. The molecule has 162 valence electrons. The lowest BCUT2D eigenvalue weighted by molar-refractivity contribution is -0.113. The number of rotatable bonds is 7. The zero-order valence-electron chi connectivity index (χ0n) is 17.5. The summed E-state index contributed by atoms with van der Waals surface area (Å²) in [4.78, 5) is 25.7. The molecule has 0 atom stereocenters. The van der Waals surface area contributed by atoms with E-state index in [1.165, 1.54) is 11.8 Å². The monoisotopic (exact) mass is 463 g/mol. The number of carbonyl (C=O) groups excluding carboxylic acids is 2. The van der Waals surface area contributed by atoms with E-state index in [0.29, 0.717) is 22.1 Å². The van der Waals surface area contributed by atoms with Gasteiger partial charge in [-0.1, -0.05) is 35.5 Å². The van der Waals surface area contributed by atoms with Gasteiger partial charge in [0.25, 0.3) is 5.91 Å². The van der Waals surface area contributed by atoms with E-state index in [2.05, 4.69) is 20.8 Å². The van der Waals surface area contributed by atoms with Crippen molar-refractivity contribution in [3.8, 4) is 10.7 Å². The summed E-state index contributed by atoms with van der Waals surface area (Å²) in [5.74, 6) is 0.671. The number of aryl methyl sites for hydroxylation is 1. The molecule has 4 aromatic rings. The van der Waals surface area contributed by atoms with Gasteiger partial charge >= 0.3 is 0 Å². The van der Waals surface area contributed by atoms with Crippen LogP contribution in [-0.4, -0.2) is 32.3 Å². The molecular formula is C23H21N5O2S2. The first kappa shape index (κ1) is 21.8. The van der Waals surface area contributed by atoms with E-state index in [4.69, 9.17) is 0 Å². The third-order valence-electron chi connectivity index (χ3n) is 4.65. The van der Waals surface area contributed by atoms with E-state index < -0.39 is 0 Å². The van der Waals surface area contributed by atoms with Crippen LogP contribution in [0, 0.1) is 6.92 Å². The van der Waals surface area contributed by atoms with Crippen molar-refractivity contribution in [2.45, 2.75) is 12.1 Å². The molecule has 0 aliphatic heterocycles. The van der Waals surface area contributed by atoms with Gasteiger partial charge in [0.2, 0.25) is 5.91 Å². The van der Waals surface area contributed by atoms with E-state index in [9.17, 15) is 9.59 Å². The van der Waals surface area contributed by atoms with Crippen LogP contribution in [0.4, 0.5) is 11.4 Å². The van der Waals surface area contributed by atoms with Gasteiger partial charge in [-0.05, 0) is 54.8 Å². The molecule has 0 spiro atoms. The maximum atomic E-state index is 12.4. The molecule has 0 saturated carbocycles. The summed E-state index contributed by atoms with van der Waals surface area (Å²) in [6.45, 7) is 1.98. The molecule has 0 radical (unpaired) electrons. The molecule has 0 aliphatic carbocycles. The molecule has 4 rings (SSSR count). The molecule has 2 aromatic carbocycles. The fourth-order valence-corrected chi connectivity index (χ4v) is 4.39. The van der Waals surface area contributed by atoms with Crippen LogP contribution in [0.5, 0.6) is 0 Å². The van der Waals surface area contributed by atoms with Crippen molar-refractivity contribution in [1.82, 2.24) is 14.8 Å². The number of aromatic nitrogens is 3. The zero-order chi connectivity index (χ0) is 22.5. The van der Waals surface area contributed by atoms with E-state index in [0.717, 1.165) is 16.3 Å². The molecule has 7 nitrogen and oxygen atoms in total. The molecule has 2 amide bonds. The quantitative estimate of drug-likeness (QED) is 0.383. The van der Waals surface area contributed by atoms with Crippen LogP contribution in [0.2, 0.25) is 0 Å². The van der Waals surface area contributed by atoms with Crippen LogP contribution < -0.4 is 10.6 Å². The minimum atomic E-state index is -0.177. The number of hydrogen-bond acceptors (Lipinski definition) is 6. The predicted octanol–water partition coefficient (Wildman–Crippen LogP) is 4.84. The third-order valence-corrected chi connectivity index (χ3v) is 6.54. The zero-order valence-corrected chi connectivity index (χ0v) is 19.2. The Bertz CT molecular complexity index is 1220. The SMILES string of the molecule is Cc1ccc(C(=O)Nc2ccc(NC(=O)CSc3nnc(-c4cccs4)n3C)cc2)cc1. The molecule has 32 heavy (non-hydrogen) atoms. The Hall–Kier alpha value is -3.43. The number of anilines is 2. The van der Waals surface area contributed by atoms with Crippen molar-refractivity contribution >= 4 is 46.3 Å². The van der Waals surface area contributed by atoms with Crippen LogP contribution in [0.3, 0.4) is 0 Å². The molecule has 0 saturated heterocycles. The van der Waals surface area contributed by atoms with Gasteiger partial charge in [0, 0.05) is 24.0 Å². The summed E-state index contributed by atoms with van der Waals surface area (Å²) >= 11 is 2.92. The van der Waals surface area contributed by atoms with Gasteiger partial charge in [-0.3, -0.25) is 9.59 Å². The predicted molar refractivity (Wildman–Crippen MR) is 129 cm³/mol. The summed E-state index contributed by atoms with van der Waals surface area (Å²) in [7, 11) is 1.89. The highest BCUT2D eigenvalue weighted by Gasteiger charge is 2.14. The van der Waals surface area contributed by atoms with Gasteiger partial charge in [-0.15, -0.1) is 21.5 Å². The maximum Gasteiger partial charge on any atom is 0.255 e. The Morgan fingerprint density at radius 2 is 1.66 bits per heavy atom. The van der Waals surface area contributed by atoms with E-state index in [1.54, 1.807) is 47.7 Å². The average molecular weight is 464 g/mol. The average Bonchev–Trinajstić information content (AvgIpc) is 3.44. The van der Waals surface area contributed by atoms with Crippen LogP contribution in [0.25, 0.3) is 10.7 Å². The summed E-state index contributed by atoms with van der Waals surface area (Å²) in [6, 6.07) is 18.3. The van der Waals surface area contributed by atoms with Crippen molar-refractivity contribution in [2.24, 2.45) is 7.05 Å². The number of nitrogens with zero attached hydrogens (tertiary/aromatic N) is 3. The number of hydrogen-bond donors (Lipinski definition) is 2. The molecule has 2 aromatic heterocycles. The molecule has 2 heterocycles. The van der Waals surface area contributed by atoms with Gasteiger partial charge < -0.3 is 15.2 Å². The molecule has 0 aliphatic rings. The van der Waals surface area contributed by atoms with Crippen molar-refractivity contribution in [2.75, 3.05) is 16.4 Å². The molecule has 9 heteroatoms. The Morgan fingerprint density at radius 3 is 2.31 bits per heavy atom. The third kappa shape index (κ3) is 5.24. The van der Waals surface area contributed by atoms with Crippen LogP contribution in [0.1, 0.15) is 15.9 Å². The molecular weight excluding hydrogens is 442 g/mol. The van der Waals surface area contributed by atoms with Gasteiger partial charge in [0.05, 0.1) is 10.6 Å². The lowest BCUT2D eigenvalue weighted by Crippen LogP contribution is -2.15.